The fourth-order valence-corrected chi connectivity index (χ4v) is 2.35. The normalized spacial score (nSPS) is 18.6. The van der Waals surface area contributed by atoms with Gasteiger partial charge in [0.1, 0.15) is 0 Å². The van der Waals surface area contributed by atoms with Gasteiger partial charge in [-0.2, -0.15) is 5.26 Å². The van der Waals surface area contributed by atoms with Crippen LogP contribution in [0.3, 0.4) is 0 Å². The van der Waals surface area contributed by atoms with Crippen LogP contribution in [0.15, 0.2) is 24.3 Å². The van der Waals surface area contributed by atoms with Crippen LogP contribution >= 0.6 is 0 Å². The maximum Gasteiger partial charge on any atom is 0.225 e. The zero-order valence-electron chi connectivity index (χ0n) is 11.1. The summed E-state index contributed by atoms with van der Waals surface area (Å²) >= 11 is 0. The number of anilines is 1. The lowest BCUT2D eigenvalue weighted by Crippen LogP contribution is -2.42. The standard InChI is InChI=1S/C15H19N3O/c1-2-13(7-8-16)18-15(19)12-9-11-5-3-4-6-14(11)17-10-12/h3-6,12-13,17H,2,7,9-10H2,1H3,(H,18,19). The summed E-state index contributed by atoms with van der Waals surface area (Å²) in [5.74, 6) is -0.00764. The van der Waals surface area contributed by atoms with Gasteiger partial charge in [0, 0.05) is 18.3 Å². The smallest absolute Gasteiger partial charge is 0.225 e. The van der Waals surface area contributed by atoms with Gasteiger partial charge >= 0.3 is 0 Å². The van der Waals surface area contributed by atoms with E-state index in [1.165, 1.54) is 5.56 Å². The molecule has 1 aliphatic heterocycles. The number of hydrogen-bond acceptors (Lipinski definition) is 3. The molecule has 0 saturated heterocycles. The monoisotopic (exact) mass is 257 g/mol. The number of para-hydroxylation sites is 1. The first-order valence-corrected chi connectivity index (χ1v) is 6.73. The molecular formula is C15H19N3O. The van der Waals surface area contributed by atoms with E-state index in [0.717, 1.165) is 18.5 Å². The Hall–Kier alpha value is -2.02. The molecule has 1 amide bonds. The summed E-state index contributed by atoms with van der Waals surface area (Å²) < 4.78 is 0. The van der Waals surface area contributed by atoms with E-state index in [1.807, 2.05) is 31.2 Å². The summed E-state index contributed by atoms with van der Waals surface area (Å²) in [6.07, 6.45) is 1.92. The maximum absolute atomic E-state index is 12.2. The zero-order chi connectivity index (χ0) is 13.7. The molecule has 1 aliphatic rings. The first kappa shape index (κ1) is 13.4. The highest BCUT2D eigenvalue weighted by molar-refractivity contribution is 5.81. The van der Waals surface area contributed by atoms with Gasteiger partial charge in [-0.3, -0.25) is 4.79 Å². The van der Waals surface area contributed by atoms with Crippen LogP contribution in [0.1, 0.15) is 25.3 Å². The third kappa shape index (κ3) is 3.25. The first-order valence-electron chi connectivity index (χ1n) is 6.73. The highest BCUT2D eigenvalue weighted by Gasteiger charge is 2.25. The molecule has 1 aromatic rings. The van der Waals surface area contributed by atoms with E-state index in [9.17, 15) is 4.79 Å². The topological polar surface area (TPSA) is 64.9 Å². The number of nitrogens with zero attached hydrogens (tertiary/aromatic N) is 1. The molecule has 0 fully saturated rings. The Kier molecular flexibility index (Phi) is 4.40. The molecule has 0 aromatic heterocycles. The summed E-state index contributed by atoms with van der Waals surface area (Å²) in [6.45, 7) is 2.64. The van der Waals surface area contributed by atoms with E-state index in [0.29, 0.717) is 13.0 Å². The van der Waals surface area contributed by atoms with Crippen LogP contribution in [-0.2, 0) is 11.2 Å². The average molecular weight is 257 g/mol. The van der Waals surface area contributed by atoms with Crippen molar-refractivity contribution in [2.75, 3.05) is 11.9 Å². The van der Waals surface area contributed by atoms with Crippen molar-refractivity contribution >= 4 is 11.6 Å². The molecule has 0 spiro atoms. The van der Waals surface area contributed by atoms with Crippen molar-refractivity contribution in [3.63, 3.8) is 0 Å². The third-order valence-electron chi connectivity index (χ3n) is 3.57. The van der Waals surface area contributed by atoms with E-state index < -0.39 is 0 Å². The molecule has 19 heavy (non-hydrogen) atoms. The molecule has 4 nitrogen and oxygen atoms in total. The predicted octanol–water partition coefficient (Wildman–Crippen LogP) is 2.08. The van der Waals surface area contributed by atoms with Crippen molar-refractivity contribution in [3.05, 3.63) is 29.8 Å². The number of nitrogens with one attached hydrogen (secondary N) is 2. The van der Waals surface area contributed by atoms with Gasteiger partial charge in [0.2, 0.25) is 5.91 Å². The first-order chi connectivity index (χ1) is 9.24. The van der Waals surface area contributed by atoms with Gasteiger partial charge in [0.15, 0.2) is 0 Å². The van der Waals surface area contributed by atoms with Crippen LogP contribution < -0.4 is 10.6 Å². The van der Waals surface area contributed by atoms with Gasteiger partial charge in [-0.25, -0.2) is 0 Å². The lowest BCUT2D eigenvalue weighted by atomic mass is 9.93. The Labute approximate surface area is 113 Å². The van der Waals surface area contributed by atoms with Gasteiger partial charge in [-0.05, 0) is 24.5 Å². The predicted molar refractivity (Wildman–Crippen MR) is 74.6 cm³/mol. The molecule has 1 heterocycles. The van der Waals surface area contributed by atoms with E-state index >= 15 is 0 Å². The Morgan fingerprint density at radius 1 is 1.58 bits per heavy atom. The highest BCUT2D eigenvalue weighted by Crippen LogP contribution is 2.24. The molecule has 2 N–H and O–H groups in total. The Balaban J connectivity index is 1.97. The summed E-state index contributed by atoms with van der Waals surface area (Å²) in [7, 11) is 0. The summed E-state index contributed by atoms with van der Waals surface area (Å²) in [4.78, 5) is 12.2. The fourth-order valence-electron chi connectivity index (χ4n) is 2.35. The molecule has 2 rings (SSSR count). The minimum atomic E-state index is -0.0531. The van der Waals surface area contributed by atoms with E-state index in [1.54, 1.807) is 0 Å². The number of carbonyl (C=O) groups excluding carboxylic acids is 1. The maximum atomic E-state index is 12.2. The molecule has 0 bridgehead atoms. The van der Waals surface area contributed by atoms with Gasteiger partial charge in [-0.1, -0.05) is 25.1 Å². The molecule has 4 heteroatoms. The number of hydrogen-bond donors (Lipinski definition) is 2. The molecule has 1 aromatic carbocycles. The Morgan fingerprint density at radius 2 is 2.37 bits per heavy atom. The van der Waals surface area contributed by atoms with E-state index in [4.69, 9.17) is 5.26 Å². The number of nitriles is 1. The summed E-state index contributed by atoms with van der Waals surface area (Å²) in [5, 5.41) is 15.0. The number of fused-ring (bicyclic) bond motifs is 1. The molecule has 0 radical (unpaired) electrons. The van der Waals surface area contributed by atoms with Crippen LogP contribution in [0.5, 0.6) is 0 Å². The fraction of sp³-hybridized carbons (Fsp3) is 0.467. The molecule has 2 atom stereocenters. The lowest BCUT2D eigenvalue weighted by molar-refractivity contribution is -0.125. The van der Waals surface area contributed by atoms with Crippen molar-refractivity contribution in [2.45, 2.75) is 32.2 Å². The molecule has 100 valence electrons. The summed E-state index contributed by atoms with van der Waals surface area (Å²) in [5.41, 5.74) is 2.30. The number of amides is 1. The third-order valence-corrected chi connectivity index (χ3v) is 3.57. The van der Waals surface area contributed by atoms with Crippen molar-refractivity contribution < 1.29 is 4.79 Å². The Bertz CT molecular complexity index is 492. The largest absolute Gasteiger partial charge is 0.384 e. The van der Waals surface area contributed by atoms with Gasteiger partial charge in [0.05, 0.1) is 18.4 Å². The lowest BCUT2D eigenvalue weighted by Gasteiger charge is -2.26. The van der Waals surface area contributed by atoms with Gasteiger partial charge in [-0.15, -0.1) is 0 Å². The van der Waals surface area contributed by atoms with E-state index in [2.05, 4.69) is 16.7 Å². The SMILES string of the molecule is CCC(CC#N)NC(=O)C1CNc2ccccc2C1. The van der Waals surface area contributed by atoms with Crippen molar-refractivity contribution in [2.24, 2.45) is 5.92 Å². The van der Waals surface area contributed by atoms with E-state index in [-0.39, 0.29) is 17.9 Å². The number of rotatable bonds is 4. The second-order valence-electron chi connectivity index (χ2n) is 4.92. The van der Waals surface area contributed by atoms with Gasteiger partial charge < -0.3 is 10.6 Å². The van der Waals surface area contributed by atoms with Crippen LogP contribution in [-0.4, -0.2) is 18.5 Å². The van der Waals surface area contributed by atoms with Crippen molar-refractivity contribution in [1.29, 1.82) is 5.26 Å². The number of benzene rings is 1. The zero-order valence-corrected chi connectivity index (χ0v) is 11.1. The van der Waals surface area contributed by atoms with Crippen LogP contribution in [0.4, 0.5) is 5.69 Å². The average Bonchev–Trinajstić information content (AvgIpc) is 2.46. The highest BCUT2D eigenvalue weighted by atomic mass is 16.2. The molecule has 0 aliphatic carbocycles. The van der Waals surface area contributed by atoms with Crippen molar-refractivity contribution in [3.8, 4) is 6.07 Å². The Morgan fingerprint density at radius 3 is 3.11 bits per heavy atom. The van der Waals surface area contributed by atoms with Crippen LogP contribution in [0, 0.1) is 17.2 Å². The second kappa shape index (κ2) is 6.24. The summed E-state index contributed by atoms with van der Waals surface area (Å²) in [6, 6.07) is 10.1. The number of carbonyl (C=O) groups is 1. The van der Waals surface area contributed by atoms with Crippen LogP contribution in [0.2, 0.25) is 0 Å². The second-order valence-corrected chi connectivity index (χ2v) is 4.92. The van der Waals surface area contributed by atoms with Crippen LogP contribution in [0.25, 0.3) is 0 Å². The minimum Gasteiger partial charge on any atom is -0.384 e. The minimum absolute atomic E-state index is 0.0327. The molecule has 2 unspecified atom stereocenters. The van der Waals surface area contributed by atoms with Crippen molar-refractivity contribution in [1.82, 2.24) is 5.32 Å². The molecule has 0 saturated carbocycles. The molecular weight excluding hydrogens is 238 g/mol. The van der Waals surface area contributed by atoms with Gasteiger partial charge in [0.25, 0.3) is 0 Å². The quantitative estimate of drug-likeness (QED) is 0.868.